The third-order valence-electron chi connectivity index (χ3n) is 4.92. The van der Waals surface area contributed by atoms with E-state index in [0.29, 0.717) is 27.3 Å². The molecular weight excluding hydrogens is 599 g/mol. The van der Waals surface area contributed by atoms with Crippen molar-refractivity contribution in [1.29, 1.82) is 5.26 Å². The highest BCUT2D eigenvalue weighted by atomic mass is 35.5. The zero-order chi connectivity index (χ0) is 29.3. The summed E-state index contributed by atoms with van der Waals surface area (Å²) in [6, 6.07) is 10.4. The van der Waals surface area contributed by atoms with Crippen LogP contribution in [-0.2, 0) is 21.8 Å². The van der Waals surface area contributed by atoms with Gasteiger partial charge in [-0.05, 0) is 24.6 Å². The first-order valence-corrected chi connectivity index (χ1v) is 12.1. The van der Waals surface area contributed by atoms with Crippen molar-refractivity contribution in [1.82, 2.24) is 9.78 Å². The summed E-state index contributed by atoms with van der Waals surface area (Å²) in [6.07, 6.45) is -6.33. The molecule has 3 aromatic rings. The molecule has 0 radical (unpaired) electrons. The quantitative estimate of drug-likeness (QED) is 0.138. The normalized spacial score (nSPS) is 13.1. The van der Waals surface area contributed by atoms with Gasteiger partial charge >= 0.3 is 17.8 Å². The van der Waals surface area contributed by atoms with Gasteiger partial charge in [0.05, 0.1) is 21.3 Å². The van der Waals surface area contributed by atoms with Crippen molar-refractivity contribution >= 4 is 51.6 Å². The Morgan fingerprint density at radius 3 is 2.18 bits per heavy atom. The number of hydrogen-bond donors (Lipinski definition) is 0. The van der Waals surface area contributed by atoms with Gasteiger partial charge in [0.15, 0.2) is 22.3 Å². The minimum Gasteiger partial charge on any atom is -0.297 e. The lowest BCUT2D eigenvalue weighted by atomic mass is 10.1. The number of nitrogens with zero attached hydrogens (tertiary/aromatic N) is 5. The molecule has 206 valence electrons. The van der Waals surface area contributed by atoms with Crippen LogP contribution in [0.5, 0.6) is 0 Å². The topological polar surface area (TPSA) is 101 Å². The molecule has 0 aliphatic heterocycles. The number of carbonyl (C=O) groups is 1. The maximum absolute atomic E-state index is 13.5. The first kappa shape index (κ1) is 29.9. The van der Waals surface area contributed by atoms with Crippen LogP contribution < -0.4 is 4.90 Å². The molecule has 0 bridgehead atoms. The van der Waals surface area contributed by atoms with Crippen LogP contribution in [0.2, 0.25) is 10.0 Å². The second kappa shape index (κ2) is 11.2. The van der Waals surface area contributed by atoms with E-state index in [1.165, 1.54) is 13.0 Å². The van der Waals surface area contributed by atoms with E-state index in [2.05, 4.69) is 10.3 Å². The highest BCUT2D eigenvalue weighted by Crippen LogP contribution is 2.42. The number of halogens is 8. The molecule has 39 heavy (non-hydrogen) atoms. The number of benzene rings is 2. The second-order valence-corrected chi connectivity index (χ2v) is 9.71. The molecule has 1 aromatic heterocycles. The fourth-order valence-corrected chi connectivity index (χ4v) is 4.65. The SMILES string of the molecule is C/C(=N/OC(=O)N(C)c1c(S(=O)C(F)(F)F)c(C#N)nn1-c1c(Cl)cc(C(F)(F)F)cc1Cl)c1ccccc1. The summed E-state index contributed by atoms with van der Waals surface area (Å²) >= 11 is 12.0. The van der Waals surface area contributed by atoms with Crippen LogP contribution in [0.1, 0.15) is 23.7 Å². The van der Waals surface area contributed by atoms with Crippen LogP contribution in [0.15, 0.2) is 52.5 Å². The fraction of sp³-hybridized carbons (Fsp3) is 0.182. The van der Waals surface area contributed by atoms with E-state index < -0.39 is 66.3 Å². The molecule has 1 atom stereocenters. The molecule has 17 heteroatoms. The molecule has 0 fully saturated rings. The van der Waals surface area contributed by atoms with Gasteiger partial charge in [0, 0.05) is 7.05 Å². The minimum atomic E-state index is -5.44. The lowest BCUT2D eigenvalue weighted by Crippen LogP contribution is -2.30. The second-order valence-electron chi connectivity index (χ2n) is 7.48. The zero-order valence-corrected chi connectivity index (χ0v) is 21.8. The van der Waals surface area contributed by atoms with Crippen molar-refractivity contribution in [3.8, 4) is 11.8 Å². The standard InChI is InChI=1S/C22H13Cl2F6N5O3S/c1-11(12-6-4-3-5-7-12)33-38-20(36)34(2)19-18(39(37)22(28,29)30)16(10-31)32-35(19)17-14(23)8-13(9-15(17)24)21(25,26)27/h3-9H,1-2H3/b33-11-. The fourth-order valence-electron chi connectivity index (χ4n) is 3.12. The number of rotatable bonds is 5. The lowest BCUT2D eigenvalue weighted by molar-refractivity contribution is -0.137. The summed E-state index contributed by atoms with van der Waals surface area (Å²) in [5.74, 6) is -0.969. The van der Waals surface area contributed by atoms with Crippen molar-refractivity contribution in [3.63, 3.8) is 0 Å². The molecule has 0 N–H and O–H groups in total. The number of carbonyl (C=O) groups excluding carboxylic acids is 1. The van der Waals surface area contributed by atoms with Gasteiger partial charge in [-0.25, -0.2) is 13.7 Å². The van der Waals surface area contributed by atoms with Gasteiger partial charge in [-0.1, -0.05) is 58.7 Å². The molecule has 0 spiro atoms. The van der Waals surface area contributed by atoms with Gasteiger partial charge in [-0.3, -0.25) is 9.74 Å². The van der Waals surface area contributed by atoms with Crippen LogP contribution in [0.25, 0.3) is 5.69 Å². The maximum atomic E-state index is 13.5. The Labute approximate surface area is 228 Å². The van der Waals surface area contributed by atoms with E-state index in [0.717, 1.165) is 7.05 Å². The summed E-state index contributed by atoms with van der Waals surface area (Å²) in [7, 11) is -3.08. The number of oxime groups is 1. The third-order valence-corrected chi connectivity index (χ3v) is 6.66. The third kappa shape index (κ3) is 6.35. The van der Waals surface area contributed by atoms with E-state index in [4.69, 9.17) is 28.0 Å². The smallest absolute Gasteiger partial charge is 0.297 e. The first-order chi connectivity index (χ1) is 18.1. The zero-order valence-electron chi connectivity index (χ0n) is 19.4. The Kier molecular flexibility index (Phi) is 8.63. The summed E-state index contributed by atoms with van der Waals surface area (Å²) in [5, 5.41) is 15.2. The van der Waals surface area contributed by atoms with Crippen molar-refractivity contribution in [2.24, 2.45) is 5.16 Å². The highest BCUT2D eigenvalue weighted by Gasteiger charge is 2.45. The van der Waals surface area contributed by atoms with Gasteiger partial charge in [-0.2, -0.15) is 36.7 Å². The molecule has 0 saturated carbocycles. The average Bonchev–Trinajstić information content (AvgIpc) is 3.23. The van der Waals surface area contributed by atoms with E-state index in [9.17, 15) is 40.6 Å². The summed E-state index contributed by atoms with van der Waals surface area (Å²) in [5.41, 5.74) is -7.71. The summed E-state index contributed by atoms with van der Waals surface area (Å²) in [6.45, 7) is 1.46. The van der Waals surface area contributed by atoms with Crippen molar-refractivity contribution in [3.05, 3.63) is 69.3 Å². The molecule has 1 unspecified atom stereocenters. The predicted octanol–water partition coefficient (Wildman–Crippen LogP) is 6.69. The van der Waals surface area contributed by atoms with Gasteiger partial charge in [0.1, 0.15) is 16.7 Å². The van der Waals surface area contributed by atoms with E-state index >= 15 is 0 Å². The molecule has 1 amide bonds. The van der Waals surface area contributed by atoms with Crippen molar-refractivity contribution in [2.45, 2.75) is 23.5 Å². The Bertz CT molecular complexity index is 1490. The molecule has 2 aromatic carbocycles. The molecule has 0 saturated heterocycles. The van der Waals surface area contributed by atoms with Crippen LogP contribution in [-0.4, -0.2) is 38.4 Å². The Morgan fingerprint density at radius 2 is 1.69 bits per heavy atom. The Morgan fingerprint density at radius 1 is 1.13 bits per heavy atom. The Balaban J connectivity index is 2.22. The van der Waals surface area contributed by atoms with Crippen molar-refractivity contribution < 1.29 is 40.2 Å². The Hall–Kier alpha value is -3.61. The number of aromatic nitrogens is 2. The summed E-state index contributed by atoms with van der Waals surface area (Å²) < 4.78 is 92.9. The number of anilines is 1. The first-order valence-electron chi connectivity index (χ1n) is 10.2. The number of amides is 1. The van der Waals surface area contributed by atoms with E-state index in [1.54, 1.807) is 30.3 Å². The largest absolute Gasteiger partial charge is 0.476 e. The average molecular weight is 612 g/mol. The molecule has 1 heterocycles. The van der Waals surface area contributed by atoms with Crippen LogP contribution in [0.4, 0.5) is 37.0 Å². The van der Waals surface area contributed by atoms with Crippen molar-refractivity contribution in [2.75, 3.05) is 11.9 Å². The van der Waals surface area contributed by atoms with E-state index in [1.807, 2.05) is 0 Å². The van der Waals surface area contributed by atoms with Gasteiger partial charge < -0.3 is 0 Å². The lowest BCUT2D eigenvalue weighted by Gasteiger charge is -2.20. The number of nitriles is 1. The maximum Gasteiger partial charge on any atom is 0.476 e. The molecular formula is C22H13Cl2F6N5O3S. The molecule has 3 rings (SSSR count). The van der Waals surface area contributed by atoms with Gasteiger partial charge in [0.25, 0.3) is 0 Å². The van der Waals surface area contributed by atoms with Crippen LogP contribution in [0.3, 0.4) is 0 Å². The number of alkyl halides is 6. The molecule has 8 nitrogen and oxygen atoms in total. The van der Waals surface area contributed by atoms with Crippen LogP contribution >= 0.6 is 23.2 Å². The number of hydrogen-bond acceptors (Lipinski definition) is 6. The van der Waals surface area contributed by atoms with Gasteiger partial charge in [-0.15, -0.1) is 0 Å². The van der Waals surface area contributed by atoms with Crippen LogP contribution in [0, 0.1) is 11.3 Å². The minimum absolute atomic E-state index is 0.191. The van der Waals surface area contributed by atoms with E-state index in [-0.39, 0.29) is 5.71 Å². The molecule has 0 aliphatic rings. The summed E-state index contributed by atoms with van der Waals surface area (Å²) in [4.78, 5) is 16.7. The highest BCUT2D eigenvalue weighted by molar-refractivity contribution is 7.86. The predicted molar refractivity (Wildman–Crippen MR) is 129 cm³/mol. The monoisotopic (exact) mass is 611 g/mol. The molecule has 0 aliphatic carbocycles. The van der Waals surface area contributed by atoms with Gasteiger partial charge in [0.2, 0.25) is 0 Å².